The van der Waals surface area contributed by atoms with Crippen molar-refractivity contribution in [3.63, 3.8) is 0 Å². The topological polar surface area (TPSA) is 6.48 Å². The van der Waals surface area contributed by atoms with Crippen molar-refractivity contribution in [2.45, 2.75) is 38.5 Å². The molecule has 0 N–H and O–H groups in total. The van der Waals surface area contributed by atoms with E-state index in [0.29, 0.717) is 0 Å². The molecule has 0 unspecified atom stereocenters. The lowest BCUT2D eigenvalue weighted by Crippen LogP contribution is -2.30. The molecule has 17 rings (SSSR count). The van der Waals surface area contributed by atoms with Crippen LogP contribution < -0.4 is 9.80 Å². The highest BCUT2D eigenvalue weighted by Crippen LogP contribution is 2.59. The van der Waals surface area contributed by atoms with Crippen molar-refractivity contribution in [2.24, 2.45) is 0 Å². The van der Waals surface area contributed by atoms with Crippen molar-refractivity contribution in [1.82, 2.24) is 0 Å². The molecule has 0 aliphatic carbocycles. The van der Waals surface area contributed by atoms with Crippen molar-refractivity contribution in [3.05, 3.63) is 362 Å². The Hall–Kier alpha value is -11.6. The fourth-order valence-electron chi connectivity index (χ4n) is 15.7. The molecule has 0 bridgehead atoms. The number of nitrogens with zero attached hydrogens (tertiary/aromatic N) is 2. The number of rotatable bonds is 10. The number of benzene rings is 15. The van der Waals surface area contributed by atoms with E-state index in [9.17, 15) is 0 Å². The van der Waals surface area contributed by atoms with Crippen molar-refractivity contribution < 1.29 is 0 Å². The summed E-state index contributed by atoms with van der Waals surface area (Å²) in [4.78, 5) is 5.07. The summed E-state index contributed by atoms with van der Waals surface area (Å²) in [5, 5.41) is 4.59. The minimum Gasteiger partial charge on any atom is -0.310 e. The van der Waals surface area contributed by atoms with Gasteiger partial charge in [-0.25, -0.2) is 0 Å². The van der Waals surface area contributed by atoms with Gasteiger partial charge in [0.2, 0.25) is 0 Å². The van der Waals surface area contributed by atoms with Gasteiger partial charge in [0.1, 0.15) is 0 Å². The Morgan fingerprint density at radius 2 is 0.426 bits per heavy atom. The first kappa shape index (κ1) is 56.4. The fourth-order valence-corrected chi connectivity index (χ4v) is 15.7. The maximum Gasteiger partial charge on any atom is 0.0502 e. The van der Waals surface area contributed by atoms with Crippen LogP contribution in [0.25, 0.3) is 111 Å². The van der Waals surface area contributed by atoms with Gasteiger partial charge in [-0.05, 0) is 206 Å². The summed E-state index contributed by atoms with van der Waals surface area (Å²) >= 11 is 0. The minimum atomic E-state index is -0.249. The van der Waals surface area contributed by atoms with Crippen LogP contribution in [0.5, 0.6) is 0 Å². The molecule has 2 heterocycles. The van der Waals surface area contributed by atoms with E-state index in [-0.39, 0.29) is 10.8 Å². The van der Waals surface area contributed by atoms with Crippen LogP contribution in [0.4, 0.5) is 34.1 Å². The molecule has 0 atom stereocenters. The quantitative estimate of drug-likeness (QED) is 0.126. The molecule has 2 aliphatic heterocycles. The molecule has 0 amide bonds. The second-order valence-corrected chi connectivity index (χ2v) is 26.3. The number of hydrogen-bond acceptors (Lipinski definition) is 2. The highest BCUT2D eigenvalue weighted by molar-refractivity contribution is 6.27. The summed E-state index contributed by atoms with van der Waals surface area (Å²) in [5.74, 6) is 0. The van der Waals surface area contributed by atoms with Crippen molar-refractivity contribution >= 4 is 55.7 Å². The average Bonchev–Trinajstić information content (AvgIpc) is 0.715. The predicted octanol–water partition coefficient (Wildman–Crippen LogP) is 25.5. The van der Waals surface area contributed by atoms with Gasteiger partial charge in [0.05, 0.1) is 22.7 Å². The third kappa shape index (κ3) is 9.23. The maximum absolute atomic E-state index is 2.55. The molecule has 2 heteroatoms. The summed E-state index contributed by atoms with van der Waals surface area (Å²) < 4.78 is 0. The van der Waals surface area contributed by atoms with E-state index >= 15 is 0 Å². The Labute approximate surface area is 551 Å². The summed E-state index contributed by atoms with van der Waals surface area (Å²) in [6.45, 7) is 9.51. The van der Waals surface area contributed by atoms with E-state index < -0.39 is 0 Å². The molecule has 0 radical (unpaired) electrons. The van der Waals surface area contributed by atoms with Crippen molar-refractivity contribution in [3.8, 4) is 89.0 Å². The molecule has 0 spiro atoms. The standard InChI is InChI=1S/C92H68N2/c1-91(2)79-43-23-27-47-83(79)93(84-48-28-24-44-80(84)91)69-51-53-71-77(59-69)87(89-73(63-35-15-7-16-36-63)55-67(61-31-11-5-12-32-61)56-74(89)64-37-17-8-18-38-64)72-54-52-70(94-85-49-29-25-45-81(85)92(3,4)82-46-26-30-50-86(82)94)60-78(72)88(71)90-75(65-39-19-9-20-40-65)57-68(62-33-13-6-14-34-62)58-76(90)66-41-21-10-22-42-66/h5-60H,1-4H3. The molecule has 15 aromatic rings. The summed E-state index contributed by atoms with van der Waals surface area (Å²) in [5.41, 5.74) is 30.1. The molecule has 446 valence electrons. The Morgan fingerprint density at radius 1 is 0.191 bits per heavy atom. The lowest BCUT2D eigenvalue weighted by Gasteiger charge is -2.42. The van der Waals surface area contributed by atoms with Crippen LogP contribution in [0, 0.1) is 0 Å². The first-order chi connectivity index (χ1) is 46.2. The van der Waals surface area contributed by atoms with Crippen LogP contribution in [0.3, 0.4) is 0 Å². The van der Waals surface area contributed by atoms with E-state index in [0.717, 1.165) is 99.7 Å². The van der Waals surface area contributed by atoms with Gasteiger partial charge in [0, 0.05) is 22.2 Å². The van der Waals surface area contributed by atoms with E-state index in [1.807, 2.05) is 0 Å². The smallest absolute Gasteiger partial charge is 0.0502 e. The summed E-state index contributed by atoms with van der Waals surface area (Å²) in [6, 6.07) is 127. The zero-order valence-electron chi connectivity index (χ0n) is 53.2. The van der Waals surface area contributed by atoms with E-state index in [1.165, 1.54) is 67.3 Å². The maximum atomic E-state index is 2.55. The van der Waals surface area contributed by atoms with E-state index in [4.69, 9.17) is 0 Å². The van der Waals surface area contributed by atoms with E-state index in [2.05, 4.69) is 377 Å². The Balaban J connectivity index is 1.10. The largest absolute Gasteiger partial charge is 0.310 e. The van der Waals surface area contributed by atoms with Crippen LogP contribution >= 0.6 is 0 Å². The number of hydrogen-bond donors (Lipinski definition) is 0. The predicted molar refractivity (Wildman–Crippen MR) is 399 cm³/mol. The van der Waals surface area contributed by atoms with Gasteiger partial charge in [-0.15, -0.1) is 0 Å². The van der Waals surface area contributed by atoms with Gasteiger partial charge in [-0.3, -0.25) is 0 Å². The number of fused-ring (bicyclic) bond motifs is 6. The van der Waals surface area contributed by atoms with Gasteiger partial charge in [0.15, 0.2) is 0 Å². The fraction of sp³-hybridized carbons (Fsp3) is 0.0652. The van der Waals surface area contributed by atoms with Crippen LogP contribution in [0.1, 0.15) is 49.9 Å². The normalized spacial score (nSPS) is 13.4. The second kappa shape index (κ2) is 22.7. The molecule has 15 aromatic carbocycles. The first-order valence-corrected chi connectivity index (χ1v) is 32.9. The van der Waals surface area contributed by atoms with E-state index in [1.54, 1.807) is 0 Å². The molecular weight excluding hydrogens is 1130 g/mol. The van der Waals surface area contributed by atoms with Gasteiger partial charge >= 0.3 is 0 Å². The zero-order chi connectivity index (χ0) is 63.1. The van der Waals surface area contributed by atoms with Crippen molar-refractivity contribution in [1.29, 1.82) is 0 Å². The second-order valence-electron chi connectivity index (χ2n) is 26.3. The number of para-hydroxylation sites is 4. The molecule has 0 fully saturated rings. The van der Waals surface area contributed by atoms with Gasteiger partial charge in [0.25, 0.3) is 0 Å². The van der Waals surface area contributed by atoms with Gasteiger partial charge in [-0.1, -0.05) is 295 Å². The molecule has 0 saturated heterocycles. The lowest BCUT2D eigenvalue weighted by atomic mass is 9.73. The third-order valence-corrected chi connectivity index (χ3v) is 20.2. The molecule has 2 aliphatic rings. The zero-order valence-corrected chi connectivity index (χ0v) is 53.2. The van der Waals surface area contributed by atoms with Crippen LogP contribution in [0.15, 0.2) is 340 Å². The molecule has 94 heavy (non-hydrogen) atoms. The molecule has 0 saturated carbocycles. The van der Waals surface area contributed by atoms with Gasteiger partial charge < -0.3 is 9.80 Å². The Morgan fingerprint density at radius 3 is 0.691 bits per heavy atom. The van der Waals surface area contributed by atoms with Gasteiger partial charge in [-0.2, -0.15) is 0 Å². The molecule has 0 aromatic heterocycles. The monoisotopic (exact) mass is 1200 g/mol. The lowest BCUT2D eigenvalue weighted by molar-refractivity contribution is 0.632. The SMILES string of the molecule is CC1(C)c2ccccc2N(c2ccc3c(-c4c(-c5ccccc5)cc(-c5ccccc5)cc4-c4ccccc4)c4cc(N5c6ccccc6C(C)(C)c6ccccc65)ccc4c(-c4c(-c5ccccc5)cc(-c5ccccc5)cc4-c4ccccc4)c3c2)c2ccccc21. The average molecular weight is 1200 g/mol. The highest BCUT2D eigenvalue weighted by Gasteiger charge is 2.39. The summed E-state index contributed by atoms with van der Waals surface area (Å²) in [7, 11) is 0. The molecular formula is C92H68N2. The Kier molecular flexibility index (Phi) is 13.6. The highest BCUT2D eigenvalue weighted by atomic mass is 15.2. The third-order valence-electron chi connectivity index (χ3n) is 20.2. The van der Waals surface area contributed by atoms with Crippen LogP contribution in [0.2, 0.25) is 0 Å². The van der Waals surface area contributed by atoms with Crippen LogP contribution in [-0.2, 0) is 10.8 Å². The molecule has 2 nitrogen and oxygen atoms in total. The summed E-state index contributed by atoms with van der Waals surface area (Å²) in [6.07, 6.45) is 0. The number of anilines is 6. The Bertz CT molecular complexity index is 4840. The minimum absolute atomic E-state index is 0.249. The first-order valence-electron chi connectivity index (χ1n) is 32.9. The van der Waals surface area contributed by atoms with Crippen molar-refractivity contribution in [2.75, 3.05) is 9.80 Å². The van der Waals surface area contributed by atoms with Crippen LogP contribution in [-0.4, -0.2) is 0 Å².